The van der Waals surface area contributed by atoms with Crippen LogP contribution < -0.4 is 15.1 Å². The molecule has 33 heavy (non-hydrogen) atoms. The number of rotatable bonds is 4. The Bertz CT molecular complexity index is 1230. The Kier molecular flexibility index (Phi) is 6.43. The van der Waals surface area contributed by atoms with Gasteiger partial charge in [-0.25, -0.2) is 0 Å². The highest BCUT2D eigenvalue weighted by atomic mass is 79.9. The second-order valence-corrected chi connectivity index (χ2v) is 9.01. The third-order valence-electron chi connectivity index (χ3n) is 5.45. The number of halogens is 4. The van der Waals surface area contributed by atoms with E-state index in [2.05, 4.69) is 15.9 Å². The first-order chi connectivity index (χ1) is 15.5. The van der Waals surface area contributed by atoms with Crippen molar-refractivity contribution in [3.63, 3.8) is 0 Å². The van der Waals surface area contributed by atoms with Crippen LogP contribution in [0.15, 0.2) is 50.1 Å². The number of alkyl halides is 3. The molecule has 1 aliphatic rings. The zero-order chi connectivity index (χ0) is 23.9. The second-order valence-electron chi connectivity index (χ2n) is 8.15. The SMILES string of the molecule is C[C@H]1C[NH+](Cc2c(O)ccc3c(=O)c(Oc4ccccc4Br)c(C(F)(F)F)oc23)C[C@H](C)O1. The Hall–Kier alpha value is -2.56. The number of aromatic hydroxyl groups is 1. The van der Waals surface area contributed by atoms with E-state index in [-0.39, 0.29) is 46.8 Å². The van der Waals surface area contributed by atoms with Crippen LogP contribution in [0.1, 0.15) is 25.2 Å². The highest BCUT2D eigenvalue weighted by Crippen LogP contribution is 2.40. The van der Waals surface area contributed by atoms with E-state index in [1.807, 2.05) is 13.8 Å². The summed E-state index contributed by atoms with van der Waals surface area (Å²) < 4.78 is 58.6. The van der Waals surface area contributed by atoms with Gasteiger partial charge >= 0.3 is 6.18 Å². The molecular formula is C23H22BrF3NO5+. The fraction of sp³-hybridized carbons (Fsp3) is 0.348. The molecule has 1 fully saturated rings. The van der Waals surface area contributed by atoms with Crippen LogP contribution in [0, 0.1) is 0 Å². The average molecular weight is 529 g/mol. The number of hydrogen-bond donors (Lipinski definition) is 2. The molecule has 2 N–H and O–H groups in total. The molecule has 0 aliphatic carbocycles. The summed E-state index contributed by atoms with van der Waals surface area (Å²) >= 11 is 3.20. The van der Waals surface area contributed by atoms with Crippen LogP contribution in [0.25, 0.3) is 11.0 Å². The molecule has 0 radical (unpaired) electrons. The summed E-state index contributed by atoms with van der Waals surface area (Å²) in [5.74, 6) is -2.72. The standard InChI is InChI=1S/C23H21BrF3NO5/c1-12-9-28(10-13(2)31-12)11-15-17(29)8-7-14-19(30)21(22(23(25,26)27)33-20(14)15)32-18-6-4-3-5-16(18)24/h3-8,12-13,29H,9-11H2,1-2H3/p+1/t12-,13-/m0/s1. The first-order valence-electron chi connectivity index (χ1n) is 10.3. The van der Waals surface area contributed by atoms with Crippen LogP contribution in [0.5, 0.6) is 17.2 Å². The zero-order valence-electron chi connectivity index (χ0n) is 17.8. The third kappa shape index (κ3) is 4.87. The lowest BCUT2D eigenvalue weighted by atomic mass is 10.1. The van der Waals surface area contributed by atoms with Gasteiger partial charge in [-0.2, -0.15) is 13.2 Å². The van der Waals surface area contributed by atoms with Gasteiger partial charge in [0.05, 0.1) is 15.4 Å². The largest absolute Gasteiger partial charge is 0.507 e. The van der Waals surface area contributed by atoms with Gasteiger partial charge in [0, 0.05) is 0 Å². The summed E-state index contributed by atoms with van der Waals surface area (Å²) in [7, 11) is 0. The van der Waals surface area contributed by atoms with Gasteiger partial charge in [0.15, 0.2) is 5.58 Å². The van der Waals surface area contributed by atoms with Crippen LogP contribution in [0.3, 0.4) is 0 Å². The van der Waals surface area contributed by atoms with Crippen LogP contribution in [0.2, 0.25) is 0 Å². The molecule has 0 unspecified atom stereocenters. The monoisotopic (exact) mass is 528 g/mol. The molecular weight excluding hydrogens is 507 g/mol. The molecule has 0 amide bonds. The van der Waals surface area contributed by atoms with E-state index < -0.39 is 23.1 Å². The Balaban J connectivity index is 1.87. The summed E-state index contributed by atoms with van der Waals surface area (Å²) in [5, 5.41) is 10.4. The van der Waals surface area contributed by atoms with Gasteiger partial charge < -0.3 is 23.9 Å². The maximum atomic E-state index is 13.9. The molecule has 0 saturated carbocycles. The number of quaternary nitrogens is 1. The minimum Gasteiger partial charge on any atom is -0.507 e. The maximum Gasteiger partial charge on any atom is 0.453 e. The molecule has 0 spiro atoms. The highest BCUT2D eigenvalue weighted by molar-refractivity contribution is 9.10. The molecule has 2 heterocycles. The van der Waals surface area contributed by atoms with E-state index in [1.54, 1.807) is 18.2 Å². The van der Waals surface area contributed by atoms with Crippen LogP contribution >= 0.6 is 15.9 Å². The smallest absolute Gasteiger partial charge is 0.453 e. The van der Waals surface area contributed by atoms with E-state index in [0.717, 1.165) is 4.90 Å². The number of ether oxygens (including phenoxy) is 2. The van der Waals surface area contributed by atoms with Gasteiger partial charge in [0.25, 0.3) is 5.76 Å². The van der Waals surface area contributed by atoms with Crippen molar-refractivity contribution in [2.24, 2.45) is 0 Å². The van der Waals surface area contributed by atoms with E-state index in [9.17, 15) is 23.1 Å². The van der Waals surface area contributed by atoms with E-state index in [4.69, 9.17) is 13.9 Å². The molecule has 1 aromatic heterocycles. The van der Waals surface area contributed by atoms with Gasteiger partial charge in [-0.15, -0.1) is 0 Å². The van der Waals surface area contributed by atoms with Crippen LogP contribution in [-0.2, 0) is 17.5 Å². The normalized spacial score (nSPS) is 21.3. The summed E-state index contributed by atoms with van der Waals surface area (Å²) in [6, 6.07) is 8.77. The topological polar surface area (TPSA) is 73.3 Å². The lowest BCUT2D eigenvalue weighted by Crippen LogP contribution is -3.14. The van der Waals surface area contributed by atoms with Crippen LogP contribution in [-0.4, -0.2) is 30.4 Å². The number of benzene rings is 2. The van der Waals surface area contributed by atoms with Crippen molar-refractivity contribution in [2.75, 3.05) is 13.1 Å². The molecule has 0 bridgehead atoms. The van der Waals surface area contributed by atoms with Crippen molar-refractivity contribution < 1.29 is 37.1 Å². The fourth-order valence-electron chi connectivity index (χ4n) is 4.16. The lowest BCUT2D eigenvalue weighted by Gasteiger charge is -2.32. The zero-order valence-corrected chi connectivity index (χ0v) is 19.4. The van der Waals surface area contributed by atoms with Gasteiger partial charge in [-0.1, -0.05) is 12.1 Å². The van der Waals surface area contributed by atoms with E-state index >= 15 is 0 Å². The van der Waals surface area contributed by atoms with Gasteiger partial charge in [-0.05, 0) is 54.0 Å². The Morgan fingerprint density at radius 2 is 1.82 bits per heavy atom. The Morgan fingerprint density at radius 3 is 2.45 bits per heavy atom. The summed E-state index contributed by atoms with van der Waals surface area (Å²) in [5.41, 5.74) is -1.13. The predicted octanol–water partition coefficient (Wildman–Crippen LogP) is 4.26. The van der Waals surface area contributed by atoms with E-state index in [0.29, 0.717) is 17.6 Å². The van der Waals surface area contributed by atoms with Crippen molar-refractivity contribution >= 4 is 26.9 Å². The van der Waals surface area contributed by atoms with Crippen molar-refractivity contribution in [2.45, 2.75) is 38.8 Å². The number of hydrogen-bond acceptors (Lipinski definition) is 5. The first-order valence-corrected chi connectivity index (χ1v) is 11.1. The summed E-state index contributed by atoms with van der Waals surface area (Å²) in [6.07, 6.45) is -5.10. The predicted molar refractivity (Wildman–Crippen MR) is 118 cm³/mol. The molecule has 6 nitrogen and oxygen atoms in total. The second kappa shape index (κ2) is 9.00. The molecule has 1 aliphatic heterocycles. The molecule has 1 saturated heterocycles. The molecule has 176 valence electrons. The number of phenolic OH excluding ortho intramolecular Hbond substituents is 1. The Morgan fingerprint density at radius 1 is 1.15 bits per heavy atom. The quantitative estimate of drug-likeness (QED) is 0.529. The number of morpholine rings is 1. The molecule has 3 aromatic rings. The van der Waals surface area contributed by atoms with Crippen molar-refractivity contribution in [1.29, 1.82) is 0 Å². The van der Waals surface area contributed by atoms with Crippen molar-refractivity contribution in [3.05, 3.63) is 62.4 Å². The van der Waals surface area contributed by atoms with Crippen LogP contribution in [0.4, 0.5) is 13.2 Å². The maximum absolute atomic E-state index is 13.9. The average Bonchev–Trinajstić information content (AvgIpc) is 2.72. The summed E-state index contributed by atoms with van der Waals surface area (Å²) in [6.45, 7) is 5.18. The number of phenols is 1. The minimum absolute atomic E-state index is 0.0365. The number of nitrogens with one attached hydrogen (secondary N) is 1. The van der Waals surface area contributed by atoms with Gasteiger partial charge in [-0.3, -0.25) is 4.79 Å². The number of para-hydroxylation sites is 1. The molecule has 2 atom stereocenters. The van der Waals surface area contributed by atoms with Gasteiger partial charge in [0.2, 0.25) is 11.2 Å². The summed E-state index contributed by atoms with van der Waals surface area (Å²) in [4.78, 5) is 14.2. The lowest BCUT2D eigenvalue weighted by molar-refractivity contribution is -0.928. The Labute approximate surface area is 195 Å². The van der Waals surface area contributed by atoms with Crippen molar-refractivity contribution in [3.8, 4) is 17.2 Å². The third-order valence-corrected chi connectivity index (χ3v) is 6.10. The molecule has 4 rings (SSSR count). The van der Waals surface area contributed by atoms with Gasteiger partial charge in [0.1, 0.15) is 43.3 Å². The van der Waals surface area contributed by atoms with Crippen molar-refractivity contribution in [1.82, 2.24) is 0 Å². The van der Waals surface area contributed by atoms with E-state index in [1.165, 1.54) is 18.2 Å². The molecule has 2 aromatic carbocycles. The number of fused-ring (bicyclic) bond motifs is 1. The minimum atomic E-state index is -5.00. The fourth-order valence-corrected chi connectivity index (χ4v) is 4.52. The highest BCUT2D eigenvalue weighted by Gasteiger charge is 2.41. The molecule has 10 heteroatoms. The first kappa shape index (κ1) is 23.6.